The summed E-state index contributed by atoms with van der Waals surface area (Å²) in [5, 5.41) is 8.76. The van der Waals surface area contributed by atoms with Gasteiger partial charge in [-0.2, -0.15) is 0 Å². The second-order valence-electron chi connectivity index (χ2n) is 4.34. The summed E-state index contributed by atoms with van der Waals surface area (Å²) in [5.74, 6) is -0.431. The van der Waals surface area contributed by atoms with Crippen LogP contribution in [0.5, 0.6) is 0 Å². The van der Waals surface area contributed by atoms with Gasteiger partial charge in [0.25, 0.3) is 0 Å². The molecule has 0 radical (unpaired) electrons. The van der Waals surface area contributed by atoms with E-state index in [0.717, 1.165) is 11.5 Å². The molecule has 1 heterocycles. The van der Waals surface area contributed by atoms with Crippen molar-refractivity contribution in [3.8, 4) is 0 Å². The lowest BCUT2D eigenvalue weighted by Crippen LogP contribution is -2.16. The number of nitrogens with zero attached hydrogens (tertiary/aromatic N) is 1. The molecule has 0 saturated heterocycles. The molecule has 0 bridgehead atoms. The van der Waals surface area contributed by atoms with E-state index in [1.807, 2.05) is 19.1 Å². The molecule has 19 heavy (non-hydrogen) atoms. The van der Waals surface area contributed by atoms with E-state index in [1.54, 1.807) is 18.0 Å². The fourth-order valence-electron chi connectivity index (χ4n) is 1.81. The van der Waals surface area contributed by atoms with E-state index >= 15 is 0 Å². The molecule has 4 nitrogen and oxygen atoms in total. The quantitative estimate of drug-likeness (QED) is 0.921. The third-order valence-corrected chi connectivity index (χ3v) is 2.81. The van der Waals surface area contributed by atoms with Crippen molar-refractivity contribution in [1.82, 2.24) is 0 Å². The summed E-state index contributed by atoms with van der Waals surface area (Å²) in [6.45, 7) is 2.34. The molecule has 5 heteroatoms. The van der Waals surface area contributed by atoms with Gasteiger partial charge in [0.1, 0.15) is 17.3 Å². The first-order valence-corrected chi connectivity index (χ1v) is 5.76. The molecule has 0 fully saturated rings. The van der Waals surface area contributed by atoms with Gasteiger partial charge < -0.3 is 14.4 Å². The molecule has 100 valence electrons. The minimum Gasteiger partial charge on any atom is -0.478 e. The van der Waals surface area contributed by atoms with Crippen molar-refractivity contribution in [3.05, 3.63) is 53.2 Å². The molecule has 0 amide bonds. The van der Waals surface area contributed by atoms with Crippen LogP contribution in [0.1, 0.15) is 21.9 Å². The first-order valence-electron chi connectivity index (χ1n) is 5.76. The van der Waals surface area contributed by atoms with Crippen LogP contribution in [0.4, 0.5) is 10.1 Å². The van der Waals surface area contributed by atoms with E-state index in [4.69, 9.17) is 9.52 Å². The fourth-order valence-corrected chi connectivity index (χ4v) is 1.81. The van der Waals surface area contributed by atoms with Crippen LogP contribution < -0.4 is 4.90 Å². The largest absolute Gasteiger partial charge is 0.478 e. The maximum absolute atomic E-state index is 13.6. The minimum atomic E-state index is -1.27. The summed E-state index contributed by atoms with van der Waals surface area (Å²) < 4.78 is 19.0. The molecule has 0 atom stereocenters. The topological polar surface area (TPSA) is 53.7 Å². The van der Waals surface area contributed by atoms with Crippen LogP contribution in [0, 0.1) is 12.7 Å². The minimum absolute atomic E-state index is 0.328. The lowest BCUT2D eigenvalue weighted by Gasteiger charge is -2.18. The predicted molar refractivity (Wildman–Crippen MR) is 68.9 cm³/mol. The Hall–Kier alpha value is -2.30. The Morgan fingerprint density at radius 2 is 2.11 bits per heavy atom. The van der Waals surface area contributed by atoms with Crippen molar-refractivity contribution in [3.63, 3.8) is 0 Å². The fraction of sp³-hybridized carbons (Fsp3) is 0.214. The molecular weight excluding hydrogens is 249 g/mol. The standard InChI is InChI=1S/C14H14FNO3/c1-9-3-5-11(19-9)8-16(2)10-4-6-12(14(17)18)13(15)7-10/h3-7H,8H2,1-2H3,(H,17,18). The van der Waals surface area contributed by atoms with Crippen LogP contribution in [-0.2, 0) is 6.54 Å². The highest BCUT2D eigenvalue weighted by atomic mass is 19.1. The van der Waals surface area contributed by atoms with Crippen LogP contribution in [-0.4, -0.2) is 18.1 Å². The van der Waals surface area contributed by atoms with Crippen molar-refractivity contribution in [2.24, 2.45) is 0 Å². The smallest absolute Gasteiger partial charge is 0.338 e. The van der Waals surface area contributed by atoms with Crippen molar-refractivity contribution >= 4 is 11.7 Å². The monoisotopic (exact) mass is 263 g/mol. The number of carboxylic acids is 1. The molecule has 0 spiro atoms. The van der Waals surface area contributed by atoms with Gasteiger partial charge in [-0.15, -0.1) is 0 Å². The van der Waals surface area contributed by atoms with E-state index in [1.165, 1.54) is 12.1 Å². The van der Waals surface area contributed by atoms with Crippen LogP contribution in [0.25, 0.3) is 0 Å². The zero-order valence-electron chi connectivity index (χ0n) is 10.7. The molecule has 0 unspecified atom stereocenters. The van der Waals surface area contributed by atoms with Crippen molar-refractivity contribution in [2.45, 2.75) is 13.5 Å². The van der Waals surface area contributed by atoms with Crippen molar-refractivity contribution in [1.29, 1.82) is 0 Å². The van der Waals surface area contributed by atoms with E-state index in [0.29, 0.717) is 12.2 Å². The normalized spacial score (nSPS) is 10.5. The zero-order chi connectivity index (χ0) is 14.0. The van der Waals surface area contributed by atoms with E-state index in [-0.39, 0.29) is 5.56 Å². The Labute approximate surface area is 110 Å². The van der Waals surface area contributed by atoms with E-state index in [9.17, 15) is 9.18 Å². The molecule has 0 saturated carbocycles. The number of rotatable bonds is 4. The Morgan fingerprint density at radius 1 is 1.37 bits per heavy atom. The average molecular weight is 263 g/mol. The van der Waals surface area contributed by atoms with Crippen LogP contribution in [0.3, 0.4) is 0 Å². The number of carbonyl (C=O) groups is 1. The van der Waals surface area contributed by atoms with Gasteiger partial charge in [0.15, 0.2) is 0 Å². The van der Waals surface area contributed by atoms with Gasteiger partial charge in [-0.1, -0.05) is 0 Å². The Morgan fingerprint density at radius 3 is 2.63 bits per heavy atom. The molecule has 0 aliphatic rings. The van der Waals surface area contributed by atoms with Gasteiger partial charge in [-0.3, -0.25) is 0 Å². The highest BCUT2D eigenvalue weighted by Gasteiger charge is 2.12. The van der Waals surface area contributed by atoms with Crippen molar-refractivity contribution in [2.75, 3.05) is 11.9 Å². The predicted octanol–water partition coefficient (Wildman–Crippen LogP) is 3.06. The van der Waals surface area contributed by atoms with E-state index in [2.05, 4.69) is 0 Å². The SMILES string of the molecule is Cc1ccc(CN(C)c2ccc(C(=O)O)c(F)c2)o1. The number of halogens is 1. The van der Waals surface area contributed by atoms with Crippen molar-refractivity contribution < 1.29 is 18.7 Å². The average Bonchev–Trinajstić information content (AvgIpc) is 2.74. The number of benzene rings is 1. The molecule has 0 aliphatic heterocycles. The lowest BCUT2D eigenvalue weighted by atomic mass is 10.2. The highest BCUT2D eigenvalue weighted by molar-refractivity contribution is 5.88. The summed E-state index contributed by atoms with van der Waals surface area (Å²) in [6, 6.07) is 7.75. The first kappa shape index (κ1) is 13.1. The third kappa shape index (κ3) is 2.93. The van der Waals surface area contributed by atoms with Gasteiger partial charge in [0.05, 0.1) is 12.1 Å². The summed E-state index contributed by atoms with van der Waals surface area (Å²) in [7, 11) is 1.78. The summed E-state index contributed by atoms with van der Waals surface area (Å²) in [6.07, 6.45) is 0. The third-order valence-electron chi connectivity index (χ3n) is 2.81. The first-order chi connectivity index (χ1) is 8.97. The van der Waals surface area contributed by atoms with E-state index < -0.39 is 11.8 Å². The lowest BCUT2D eigenvalue weighted by molar-refractivity contribution is 0.0692. The second-order valence-corrected chi connectivity index (χ2v) is 4.34. The summed E-state index contributed by atoms with van der Waals surface area (Å²) in [5.41, 5.74) is 0.266. The number of anilines is 1. The summed E-state index contributed by atoms with van der Waals surface area (Å²) in [4.78, 5) is 12.5. The Balaban J connectivity index is 2.17. The highest BCUT2D eigenvalue weighted by Crippen LogP contribution is 2.20. The summed E-state index contributed by atoms with van der Waals surface area (Å²) >= 11 is 0. The van der Waals surface area contributed by atoms with Gasteiger partial charge in [-0.25, -0.2) is 9.18 Å². The number of hydrogen-bond donors (Lipinski definition) is 1. The van der Waals surface area contributed by atoms with Crippen LogP contribution >= 0.6 is 0 Å². The molecule has 2 rings (SSSR count). The van der Waals surface area contributed by atoms with Crippen LogP contribution in [0.15, 0.2) is 34.7 Å². The molecule has 0 aliphatic carbocycles. The molecule has 1 N–H and O–H groups in total. The molecule has 2 aromatic rings. The molecule has 1 aromatic heterocycles. The Bertz CT molecular complexity index is 606. The maximum Gasteiger partial charge on any atom is 0.338 e. The van der Waals surface area contributed by atoms with Gasteiger partial charge >= 0.3 is 5.97 Å². The number of hydrogen-bond acceptors (Lipinski definition) is 3. The second kappa shape index (κ2) is 5.14. The molecular formula is C14H14FNO3. The van der Waals surface area contributed by atoms with Gasteiger partial charge in [0, 0.05) is 12.7 Å². The number of aryl methyl sites for hydroxylation is 1. The van der Waals surface area contributed by atoms with Gasteiger partial charge in [0.2, 0.25) is 0 Å². The number of furan rings is 1. The number of aromatic carboxylic acids is 1. The zero-order valence-corrected chi connectivity index (χ0v) is 10.7. The maximum atomic E-state index is 13.6. The Kier molecular flexibility index (Phi) is 3.55. The van der Waals surface area contributed by atoms with Crippen LogP contribution in [0.2, 0.25) is 0 Å². The molecule has 1 aromatic carbocycles. The number of carboxylic acid groups (broad SMARTS) is 1. The van der Waals surface area contributed by atoms with Gasteiger partial charge in [-0.05, 0) is 37.3 Å².